The number of allylic oxidation sites excluding steroid dienone is 5. The first-order valence-electron chi connectivity index (χ1n) is 7.49. The molecule has 1 unspecified atom stereocenters. The Balaban J connectivity index is 1.89. The fourth-order valence-corrected chi connectivity index (χ4v) is 3.69. The summed E-state index contributed by atoms with van der Waals surface area (Å²) in [6.07, 6.45) is 12.3. The van der Waals surface area contributed by atoms with E-state index in [1.165, 1.54) is 38.5 Å². The summed E-state index contributed by atoms with van der Waals surface area (Å²) in [6.45, 7) is 0. The number of fused-ring (bicyclic) bond motifs is 6. The van der Waals surface area contributed by atoms with Gasteiger partial charge in [-0.25, -0.2) is 0 Å². The molecule has 21 heavy (non-hydrogen) atoms. The maximum Gasteiger partial charge on any atom is 0.0468 e. The molecule has 0 spiro atoms. The van der Waals surface area contributed by atoms with Crippen LogP contribution in [0.25, 0.3) is 27.8 Å². The van der Waals surface area contributed by atoms with E-state index in [2.05, 4.69) is 71.8 Å². The molecule has 5 rings (SSSR count). The van der Waals surface area contributed by atoms with E-state index < -0.39 is 0 Å². The smallest absolute Gasteiger partial charge is 0.0468 e. The minimum atomic E-state index is 0.529. The van der Waals surface area contributed by atoms with Gasteiger partial charge in [-0.2, -0.15) is 0 Å². The van der Waals surface area contributed by atoms with E-state index in [0.717, 1.165) is 6.42 Å². The Morgan fingerprint density at radius 3 is 2.95 bits per heavy atom. The van der Waals surface area contributed by atoms with E-state index in [1.807, 2.05) is 0 Å². The molecule has 1 heteroatoms. The summed E-state index contributed by atoms with van der Waals surface area (Å²) in [4.78, 5) is 3.64. The second kappa shape index (κ2) is 3.98. The molecule has 1 N–H and O–H groups in total. The van der Waals surface area contributed by atoms with Gasteiger partial charge in [0.2, 0.25) is 0 Å². The van der Waals surface area contributed by atoms with Crippen LogP contribution in [0, 0.1) is 5.92 Å². The van der Waals surface area contributed by atoms with Gasteiger partial charge >= 0.3 is 0 Å². The molecule has 0 radical (unpaired) electrons. The fraction of sp³-hybridized carbons (Fsp3) is 0.100. The quantitative estimate of drug-likeness (QED) is 0.591. The van der Waals surface area contributed by atoms with Crippen LogP contribution >= 0.6 is 0 Å². The highest BCUT2D eigenvalue weighted by atomic mass is 14.7. The predicted octanol–water partition coefficient (Wildman–Crippen LogP) is 5.00. The van der Waals surface area contributed by atoms with Crippen LogP contribution in [-0.2, 0) is 6.42 Å². The summed E-state index contributed by atoms with van der Waals surface area (Å²) in [5.74, 6) is 0.529. The number of hydrogen-bond acceptors (Lipinski definition) is 0. The second-order valence-corrected chi connectivity index (χ2v) is 5.93. The maximum absolute atomic E-state index is 3.64. The van der Waals surface area contributed by atoms with Gasteiger partial charge in [-0.1, -0.05) is 54.6 Å². The molecule has 1 aromatic heterocycles. The topological polar surface area (TPSA) is 15.8 Å². The molecular weight excluding hydrogens is 254 g/mol. The van der Waals surface area contributed by atoms with Crippen LogP contribution in [0.1, 0.15) is 11.3 Å². The molecule has 2 aliphatic carbocycles. The van der Waals surface area contributed by atoms with Crippen molar-refractivity contribution in [2.75, 3.05) is 0 Å². The first-order chi connectivity index (χ1) is 10.4. The third-order valence-corrected chi connectivity index (χ3v) is 4.72. The molecule has 2 aliphatic rings. The highest BCUT2D eigenvalue weighted by Gasteiger charge is 2.23. The Morgan fingerprint density at radius 1 is 1.00 bits per heavy atom. The Kier molecular flexibility index (Phi) is 2.12. The lowest BCUT2D eigenvalue weighted by molar-refractivity contribution is 0.745. The minimum absolute atomic E-state index is 0.529. The average Bonchev–Trinajstić information content (AvgIpc) is 2.90. The summed E-state index contributed by atoms with van der Waals surface area (Å²) in [7, 11) is 0. The highest BCUT2D eigenvalue weighted by molar-refractivity contribution is 6.11. The Hall–Kier alpha value is -2.54. The molecule has 1 atom stereocenters. The van der Waals surface area contributed by atoms with E-state index in [9.17, 15) is 0 Å². The fourth-order valence-electron chi connectivity index (χ4n) is 3.69. The van der Waals surface area contributed by atoms with Crippen molar-refractivity contribution in [3.63, 3.8) is 0 Å². The van der Waals surface area contributed by atoms with Crippen molar-refractivity contribution in [2.45, 2.75) is 6.42 Å². The van der Waals surface area contributed by atoms with Crippen LogP contribution < -0.4 is 0 Å². The Bertz CT molecular complexity index is 966. The Labute approximate surface area is 123 Å². The number of nitrogens with one attached hydrogen (secondary N) is 1. The van der Waals surface area contributed by atoms with E-state index in [-0.39, 0.29) is 0 Å². The van der Waals surface area contributed by atoms with Gasteiger partial charge in [-0.15, -0.1) is 0 Å². The zero-order chi connectivity index (χ0) is 13.8. The third-order valence-electron chi connectivity index (χ3n) is 4.72. The van der Waals surface area contributed by atoms with Crippen LogP contribution in [0.2, 0.25) is 0 Å². The molecule has 1 nitrogen and oxygen atoms in total. The molecule has 0 amide bonds. The molecule has 3 aromatic rings. The van der Waals surface area contributed by atoms with Crippen LogP contribution in [0.15, 0.2) is 66.3 Å². The number of aromatic nitrogens is 1. The van der Waals surface area contributed by atoms with E-state index in [1.54, 1.807) is 0 Å². The number of rotatable bonds is 0. The number of aromatic amines is 1. The van der Waals surface area contributed by atoms with Crippen molar-refractivity contribution in [3.05, 3.63) is 77.5 Å². The second-order valence-electron chi connectivity index (χ2n) is 5.93. The van der Waals surface area contributed by atoms with Crippen molar-refractivity contribution in [1.29, 1.82) is 0 Å². The summed E-state index contributed by atoms with van der Waals surface area (Å²) in [6, 6.07) is 13.1. The molecular formula is C20H15N. The SMILES string of the molecule is C1=CC2=Cc3c([nH]c4ccc5ccccc5c34)CC2C=C1. The van der Waals surface area contributed by atoms with Gasteiger partial charge in [0, 0.05) is 28.1 Å². The van der Waals surface area contributed by atoms with Gasteiger partial charge in [0.25, 0.3) is 0 Å². The summed E-state index contributed by atoms with van der Waals surface area (Å²) in [5, 5.41) is 4.03. The number of H-pyrrole nitrogens is 1. The van der Waals surface area contributed by atoms with E-state index in [0.29, 0.717) is 5.92 Å². The van der Waals surface area contributed by atoms with Crippen LogP contribution in [0.4, 0.5) is 0 Å². The molecule has 1 heterocycles. The molecule has 0 bridgehead atoms. The standard InChI is InChI=1S/C20H15N/c1-2-7-15-12-19-17(11-14(15)6-1)20-16-8-4-3-5-13(16)9-10-18(20)21-19/h1-11,15,21H,12H2. The van der Waals surface area contributed by atoms with Crippen molar-refractivity contribution < 1.29 is 0 Å². The largest absolute Gasteiger partial charge is 0.358 e. The lowest BCUT2D eigenvalue weighted by atomic mass is 9.83. The van der Waals surface area contributed by atoms with E-state index >= 15 is 0 Å². The van der Waals surface area contributed by atoms with E-state index in [4.69, 9.17) is 0 Å². The molecule has 2 aromatic carbocycles. The van der Waals surface area contributed by atoms with Crippen molar-refractivity contribution in [2.24, 2.45) is 5.92 Å². The maximum atomic E-state index is 3.64. The van der Waals surface area contributed by atoms with Crippen LogP contribution in [-0.4, -0.2) is 4.98 Å². The van der Waals surface area contributed by atoms with Crippen molar-refractivity contribution in [1.82, 2.24) is 4.98 Å². The Morgan fingerprint density at radius 2 is 1.95 bits per heavy atom. The van der Waals surface area contributed by atoms with Gasteiger partial charge < -0.3 is 4.98 Å². The lowest BCUT2D eigenvalue weighted by Crippen LogP contribution is -2.10. The third kappa shape index (κ3) is 1.52. The van der Waals surface area contributed by atoms with Crippen LogP contribution in [0.5, 0.6) is 0 Å². The normalized spacial score (nSPS) is 19.6. The van der Waals surface area contributed by atoms with Gasteiger partial charge in [0.1, 0.15) is 0 Å². The first kappa shape index (κ1) is 11.2. The first-order valence-corrected chi connectivity index (χ1v) is 7.49. The molecule has 0 fully saturated rings. The van der Waals surface area contributed by atoms with Gasteiger partial charge in [-0.05, 0) is 34.9 Å². The zero-order valence-electron chi connectivity index (χ0n) is 11.6. The zero-order valence-corrected chi connectivity index (χ0v) is 11.6. The molecule has 100 valence electrons. The minimum Gasteiger partial charge on any atom is -0.358 e. The van der Waals surface area contributed by atoms with Gasteiger partial charge in [0.15, 0.2) is 0 Å². The monoisotopic (exact) mass is 269 g/mol. The van der Waals surface area contributed by atoms with Gasteiger partial charge in [0.05, 0.1) is 0 Å². The molecule has 0 saturated heterocycles. The van der Waals surface area contributed by atoms with Crippen molar-refractivity contribution >= 4 is 27.8 Å². The average molecular weight is 269 g/mol. The highest BCUT2D eigenvalue weighted by Crippen LogP contribution is 2.38. The predicted molar refractivity (Wildman–Crippen MR) is 89.3 cm³/mol. The summed E-state index contributed by atoms with van der Waals surface area (Å²) < 4.78 is 0. The van der Waals surface area contributed by atoms with Crippen molar-refractivity contribution in [3.8, 4) is 0 Å². The number of benzene rings is 2. The number of hydrogen-bond donors (Lipinski definition) is 1. The molecule has 0 saturated carbocycles. The summed E-state index contributed by atoms with van der Waals surface area (Å²) in [5.41, 5.74) is 5.43. The van der Waals surface area contributed by atoms with Gasteiger partial charge in [-0.3, -0.25) is 0 Å². The van der Waals surface area contributed by atoms with Crippen LogP contribution in [0.3, 0.4) is 0 Å². The summed E-state index contributed by atoms with van der Waals surface area (Å²) >= 11 is 0. The molecule has 0 aliphatic heterocycles. The lowest BCUT2D eigenvalue weighted by Gasteiger charge is -2.21.